The van der Waals surface area contributed by atoms with Crippen molar-refractivity contribution in [2.24, 2.45) is 0 Å². The van der Waals surface area contributed by atoms with E-state index in [-0.39, 0.29) is 24.0 Å². The lowest BCUT2D eigenvalue weighted by molar-refractivity contribution is -0.128. The largest absolute Gasteiger partial charge is 0.388 e. The summed E-state index contributed by atoms with van der Waals surface area (Å²) < 4.78 is 5.73. The van der Waals surface area contributed by atoms with Gasteiger partial charge in [0.15, 0.2) is 0 Å². The second kappa shape index (κ2) is 8.27. The van der Waals surface area contributed by atoms with Crippen molar-refractivity contribution in [2.75, 3.05) is 39.3 Å². The van der Waals surface area contributed by atoms with Gasteiger partial charge in [-0.3, -0.25) is 14.5 Å². The number of rotatable bonds is 4. The maximum absolute atomic E-state index is 12.1. The summed E-state index contributed by atoms with van der Waals surface area (Å²) in [6, 6.07) is 3.20. The van der Waals surface area contributed by atoms with E-state index >= 15 is 0 Å². The number of hydrogen-bond donors (Lipinski definition) is 2. The second-order valence-corrected chi connectivity index (χ2v) is 7.53. The Bertz CT molecular complexity index is 595. The van der Waals surface area contributed by atoms with Gasteiger partial charge in [-0.1, -0.05) is 6.07 Å². The maximum Gasteiger partial charge on any atom is 0.261 e. The molecule has 1 aromatic rings. The third-order valence-corrected chi connectivity index (χ3v) is 5.69. The number of thiophene rings is 1. The van der Waals surface area contributed by atoms with Gasteiger partial charge in [0.1, 0.15) is 6.10 Å². The first-order valence-electron chi connectivity index (χ1n) is 8.66. The van der Waals surface area contributed by atoms with Gasteiger partial charge in [-0.25, -0.2) is 0 Å². The molecule has 25 heavy (non-hydrogen) atoms. The highest BCUT2D eigenvalue weighted by Gasteiger charge is 2.38. The number of nitrogens with zero attached hydrogens (tertiary/aromatic N) is 2. The van der Waals surface area contributed by atoms with Gasteiger partial charge in [-0.05, 0) is 24.4 Å². The SMILES string of the molecule is CC(=O)N1CCCN(C[C@@H]2OC[C@H](NC(=O)c3cccs3)[C@H]2O)CC1. The summed E-state index contributed by atoms with van der Waals surface area (Å²) in [6.07, 6.45) is -0.130. The van der Waals surface area contributed by atoms with Gasteiger partial charge in [-0.15, -0.1) is 11.3 Å². The van der Waals surface area contributed by atoms with Crippen LogP contribution in [0.2, 0.25) is 0 Å². The Balaban J connectivity index is 1.49. The van der Waals surface area contributed by atoms with E-state index in [4.69, 9.17) is 4.74 Å². The van der Waals surface area contributed by atoms with Crippen LogP contribution in [0, 0.1) is 0 Å². The molecule has 0 spiro atoms. The van der Waals surface area contributed by atoms with Gasteiger partial charge < -0.3 is 20.1 Å². The molecule has 3 atom stereocenters. The van der Waals surface area contributed by atoms with E-state index in [1.54, 1.807) is 13.0 Å². The highest BCUT2D eigenvalue weighted by Crippen LogP contribution is 2.18. The van der Waals surface area contributed by atoms with Crippen molar-refractivity contribution in [1.82, 2.24) is 15.1 Å². The molecule has 0 aliphatic carbocycles. The summed E-state index contributed by atoms with van der Waals surface area (Å²) in [4.78, 5) is 28.3. The van der Waals surface area contributed by atoms with Crippen molar-refractivity contribution in [3.63, 3.8) is 0 Å². The fourth-order valence-electron chi connectivity index (χ4n) is 3.34. The van der Waals surface area contributed by atoms with Crippen LogP contribution < -0.4 is 5.32 Å². The van der Waals surface area contributed by atoms with Crippen LogP contribution in [0.1, 0.15) is 23.0 Å². The Hall–Kier alpha value is -1.48. The zero-order valence-electron chi connectivity index (χ0n) is 14.4. The first-order valence-corrected chi connectivity index (χ1v) is 9.54. The smallest absolute Gasteiger partial charge is 0.261 e. The van der Waals surface area contributed by atoms with E-state index in [0.717, 1.165) is 26.1 Å². The molecule has 3 rings (SSSR count). The van der Waals surface area contributed by atoms with Crippen molar-refractivity contribution in [1.29, 1.82) is 0 Å². The fraction of sp³-hybridized carbons (Fsp3) is 0.647. The lowest BCUT2D eigenvalue weighted by Gasteiger charge is -2.26. The Morgan fingerprint density at radius 1 is 1.36 bits per heavy atom. The van der Waals surface area contributed by atoms with Crippen molar-refractivity contribution in [3.05, 3.63) is 22.4 Å². The summed E-state index contributed by atoms with van der Waals surface area (Å²) in [5, 5.41) is 15.2. The van der Waals surface area contributed by atoms with Crippen LogP contribution in [-0.2, 0) is 9.53 Å². The first kappa shape index (κ1) is 18.3. The Morgan fingerprint density at radius 3 is 2.92 bits per heavy atom. The zero-order chi connectivity index (χ0) is 17.8. The molecule has 7 nitrogen and oxygen atoms in total. The normalized spacial score (nSPS) is 27.9. The van der Waals surface area contributed by atoms with Gasteiger partial charge in [0.25, 0.3) is 5.91 Å². The number of aliphatic hydroxyl groups is 1. The van der Waals surface area contributed by atoms with E-state index in [0.29, 0.717) is 24.6 Å². The van der Waals surface area contributed by atoms with Crippen molar-refractivity contribution >= 4 is 23.2 Å². The molecular weight excluding hydrogens is 342 g/mol. The van der Waals surface area contributed by atoms with Crippen LogP contribution in [-0.4, -0.2) is 84.3 Å². The topological polar surface area (TPSA) is 82.1 Å². The molecule has 1 aromatic heterocycles. The van der Waals surface area contributed by atoms with Crippen LogP contribution in [0.15, 0.2) is 17.5 Å². The molecule has 2 N–H and O–H groups in total. The Labute approximate surface area is 151 Å². The molecule has 0 bridgehead atoms. The number of hydrogen-bond acceptors (Lipinski definition) is 6. The van der Waals surface area contributed by atoms with Crippen LogP contribution in [0.3, 0.4) is 0 Å². The van der Waals surface area contributed by atoms with E-state index < -0.39 is 6.10 Å². The summed E-state index contributed by atoms with van der Waals surface area (Å²) in [5.41, 5.74) is 0. The highest BCUT2D eigenvalue weighted by molar-refractivity contribution is 7.12. The summed E-state index contributed by atoms with van der Waals surface area (Å²) in [7, 11) is 0. The minimum absolute atomic E-state index is 0.107. The van der Waals surface area contributed by atoms with Crippen molar-refractivity contribution < 1.29 is 19.4 Å². The third-order valence-electron chi connectivity index (χ3n) is 4.82. The summed E-state index contributed by atoms with van der Waals surface area (Å²) in [5.74, 6) is -0.0643. The molecular formula is C17H25N3O4S. The number of carbonyl (C=O) groups excluding carboxylic acids is 2. The standard InChI is InChI=1S/C17H25N3O4S/c1-12(21)20-6-3-5-19(7-8-20)10-14-16(22)13(11-24-14)18-17(23)15-4-2-9-25-15/h2,4,9,13-14,16,22H,3,5-8,10-11H2,1H3,(H,18,23)/t13-,14-,16+/m0/s1. The summed E-state index contributed by atoms with van der Waals surface area (Å²) >= 11 is 1.37. The third kappa shape index (κ3) is 4.58. The lowest BCUT2D eigenvalue weighted by Crippen LogP contribution is -2.47. The van der Waals surface area contributed by atoms with Gasteiger partial charge in [0.2, 0.25) is 5.91 Å². The molecule has 0 saturated carbocycles. The highest BCUT2D eigenvalue weighted by atomic mass is 32.1. The van der Waals surface area contributed by atoms with Crippen LogP contribution in [0.25, 0.3) is 0 Å². The average Bonchev–Trinajstić information content (AvgIpc) is 3.15. The lowest BCUT2D eigenvalue weighted by atomic mass is 10.1. The van der Waals surface area contributed by atoms with Gasteiger partial charge in [0.05, 0.1) is 23.6 Å². The molecule has 2 aliphatic heterocycles. The zero-order valence-corrected chi connectivity index (χ0v) is 15.2. The predicted octanol–water partition coefficient (Wildman–Crippen LogP) is 0.160. The van der Waals surface area contributed by atoms with Gasteiger partial charge in [-0.2, -0.15) is 0 Å². The molecule has 2 saturated heterocycles. The number of ether oxygens (including phenoxy) is 1. The summed E-state index contributed by atoms with van der Waals surface area (Å²) in [6.45, 7) is 5.66. The molecule has 2 aliphatic rings. The van der Waals surface area contributed by atoms with Crippen LogP contribution in [0.4, 0.5) is 0 Å². The first-order chi connectivity index (χ1) is 12.0. The Morgan fingerprint density at radius 2 is 2.20 bits per heavy atom. The van der Waals surface area contributed by atoms with Gasteiger partial charge >= 0.3 is 0 Å². The van der Waals surface area contributed by atoms with E-state index in [1.165, 1.54) is 11.3 Å². The molecule has 138 valence electrons. The minimum atomic E-state index is -0.726. The number of carbonyl (C=O) groups is 2. The molecule has 2 amide bonds. The molecule has 0 aromatic carbocycles. The molecule has 3 heterocycles. The molecule has 8 heteroatoms. The number of aliphatic hydroxyl groups excluding tert-OH is 1. The quantitative estimate of drug-likeness (QED) is 0.792. The van der Waals surface area contributed by atoms with Crippen LogP contribution in [0.5, 0.6) is 0 Å². The van der Waals surface area contributed by atoms with E-state index in [1.807, 2.05) is 16.3 Å². The van der Waals surface area contributed by atoms with Crippen LogP contribution >= 0.6 is 11.3 Å². The number of amides is 2. The Kier molecular flexibility index (Phi) is 6.06. The average molecular weight is 367 g/mol. The molecule has 0 radical (unpaired) electrons. The minimum Gasteiger partial charge on any atom is -0.388 e. The molecule has 0 unspecified atom stereocenters. The fourth-order valence-corrected chi connectivity index (χ4v) is 3.97. The maximum atomic E-state index is 12.1. The second-order valence-electron chi connectivity index (χ2n) is 6.58. The van der Waals surface area contributed by atoms with Crippen molar-refractivity contribution in [3.8, 4) is 0 Å². The van der Waals surface area contributed by atoms with E-state index in [2.05, 4.69) is 10.2 Å². The van der Waals surface area contributed by atoms with Gasteiger partial charge in [0, 0.05) is 33.1 Å². The predicted molar refractivity (Wildman–Crippen MR) is 94.6 cm³/mol. The molecule has 2 fully saturated rings. The number of nitrogens with one attached hydrogen (secondary N) is 1. The van der Waals surface area contributed by atoms with E-state index in [9.17, 15) is 14.7 Å². The van der Waals surface area contributed by atoms with Crippen molar-refractivity contribution in [2.45, 2.75) is 31.6 Å². The monoisotopic (exact) mass is 367 g/mol.